The van der Waals surface area contributed by atoms with Gasteiger partial charge in [-0.3, -0.25) is 4.79 Å². The van der Waals surface area contributed by atoms with Crippen LogP contribution in [-0.2, 0) is 0 Å². The highest BCUT2D eigenvalue weighted by Crippen LogP contribution is 2.26. The van der Waals surface area contributed by atoms with E-state index in [0.717, 1.165) is 6.29 Å². The van der Waals surface area contributed by atoms with Crippen molar-refractivity contribution in [3.8, 4) is 5.75 Å². The quantitative estimate of drug-likeness (QED) is 0.474. The Morgan fingerprint density at radius 3 is 2.00 bits per heavy atom. The lowest BCUT2D eigenvalue weighted by Gasteiger charge is -1.99. The Bertz CT molecular complexity index is 276. The summed E-state index contributed by atoms with van der Waals surface area (Å²) in [6.45, 7) is 0. The van der Waals surface area contributed by atoms with Crippen LogP contribution < -0.4 is 0 Å². The Morgan fingerprint density at radius 2 is 1.67 bits per heavy atom. The molecule has 0 bridgehead atoms. The van der Waals surface area contributed by atoms with Crippen molar-refractivity contribution in [2.75, 3.05) is 0 Å². The number of phenolic OH excluding ortho intramolecular Hbond substituents is 1. The van der Waals surface area contributed by atoms with Gasteiger partial charge in [0.2, 0.25) is 0 Å². The summed E-state index contributed by atoms with van der Waals surface area (Å²) in [6, 6.07) is 3.29. The average Bonchev–Trinajstić information content (AvgIpc) is 1.99. The lowest BCUT2D eigenvalue weighted by molar-refractivity contribution is 0.112. The van der Waals surface area contributed by atoms with E-state index in [2.05, 4.69) is 0 Å². The zero-order valence-corrected chi connectivity index (χ0v) is 12.4. The molecule has 0 atom stereocenters. The first-order valence-electron chi connectivity index (χ1n) is 2.78. The van der Waals surface area contributed by atoms with E-state index in [4.69, 9.17) is 0 Å². The molecular formula is C7H5I3O2. The van der Waals surface area contributed by atoms with Crippen molar-refractivity contribution < 1.29 is 9.90 Å². The Balaban J connectivity index is 0.00000121. The van der Waals surface area contributed by atoms with Crippen LogP contribution in [0.25, 0.3) is 0 Å². The Morgan fingerprint density at radius 1 is 1.25 bits per heavy atom. The van der Waals surface area contributed by atoms with E-state index < -0.39 is 0 Å². The lowest BCUT2D eigenvalue weighted by Crippen LogP contribution is -1.85. The van der Waals surface area contributed by atoms with Gasteiger partial charge in [-0.2, -0.15) is 0 Å². The number of hydrogen-bond acceptors (Lipinski definition) is 2. The predicted octanol–water partition coefficient (Wildman–Crippen LogP) is 3.03. The molecule has 1 N–H and O–H groups in total. The van der Waals surface area contributed by atoms with Crippen LogP contribution in [-0.4, -0.2) is 11.4 Å². The molecule has 5 heteroatoms. The summed E-state index contributed by atoms with van der Waals surface area (Å²) in [7, 11) is 0. The second kappa shape index (κ2) is 5.58. The van der Waals surface area contributed by atoms with Crippen LogP contribution >= 0.6 is 69.2 Å². The van der Waals surface area contributed by atoms with Gasteiger partial charge in [0.25, 0.3) is 0 Å². The maximum atomic E-state index is 10.3. The first-order valence-corrected chi connectivity index (χ1v) is 4.94. The van der Waals surface area contributed by atoms with E-state index in [9.17, 15) is 9.90 Å². The van der Waals surface area contributed by atoms with E-state index in [1.165, 1.54) is 0 Å². The second-order valence-electron chi connectivity index (χ2n) is 1.95. The number of halogens is 3. The highest BCUT2D eigenvalue weighted by Gasteiger charge is 2.04. The monoisotopic (exact) mass is 502 g/mol. The minimum Gasteiger partial charge on any atom is -0.506 e. The second-order valence-corrected chi connectivity index (χ2v) is 4.28. The molecule has 66 valence electrons. The van der Waals surface area contributed by atoms with E-state index in [0.29, 0.717) is 12.7 Å². The summed E-state index contributed by atoms with van der Waals surface area (Å²) in [4.78, 5) is 10.3. The van der Waals surface area contributed by atoms with Gasteiger partial charge in [-0.15, -0.1) is 24.0 Å². The number of aldehydes is 1. The lowest BCUT2D eigenvalue weighted by atomic mass is 10.2. The molecule has 0 saturated carbocycles. The SMILES string of the molecule is I.O=Cc1cc(I)c(O)c(I)c1. The number of aromatic hydroxyl groups is 1. The first-order chi connectivity index (χ1) is 5.15. The van der Waals surface area contributed by atoms with Gasteiger partial charge in [-0.05, 0) is 57.3 Å². The number of phenols is 1. The third kappa shape index (κ3) is 2.98. The molecule has 1 aromatic carbocycles. The van der Waals surface area contributed by atoms with Crippen LogP contribution in [0.2, 0.25) is 0 Å². The molecule has 0 aliphatic rings. The molecule has 0 radical (unpaired) electrons. The van der Waals surface area contributed by atoms with Gasteiger partial charge in [0.1, 0.15) is 12.0 Å². The molecule has 12 heavy (non-hydrogen) atoms. The molecule has 0 heterocycles. The van der Waals surface area contributed by atoms with Gasteiger partial charge < -0.3 is 5.11 Å². The Labute approximate surface area is 114 Å². The van der Waals surface area contributed by atoms with E-state index in [-0.39, 0.29) is 29.7 Å². The molecule has 2 nitrogen and oxygen atoms in total. The Hall–Kier alpha value is 0.880. The fourth-order valence-corrected chi connectivity index (χ4v) is 2.47. The number of benzene rings is 1. The first kappa shape index (κ1) is 12.9. The largest absolute Gasteiger partial charge is 0.506 e. The summed E-state index contributed by atoms with van der Waals surface area (Å²) in [5, 5.41) is 9.30. The van der Waals surface area contributed by atoms with Gasteiger partial charge in [0.05, 0.1) is 7.14 Å². The van der Waals surface area contributed by atoms with Gasteiger partial charge >= 0.3 is 0 Å². The van der Waals surface area contributed by atoms with Gasteiger partial charge in [-0.1, -0.05) is 0 Å². The summed E-state index contributed by atoms with van der Waals surface area (Å²) >= 11 is 3.97. The highest BCUT2D eigenvalue weighted by molar-refractivity contribution is 14.1. The summed E-state index contributed by atoms with van der Waals surface area (Å²) in [5.74, 6) is 0.247. The molecule has 0 saturated heterocycles. The molecule has 0 amide bonds. The third-order valence-electron chi connectivity index (χ3n) is 1.18. The number of carbonyl (C=O) groups is 1. The third-order valence-corrected chi connectivity index (χ3v) is 2.82. The fourth-order valence-electron chi connectivity index (χ4n) is 0.653. The van der Waals surface area contributed by atoms with E-state index >= 15 is 0 Å². The van der Waals surface area contributed by atoms with E-state index in [1.807, 2.05) is 45.2 Å². The maximum Gasteiger partial charge on any atom is 0.150 e. The normalized spacial score (nSPS) is 8.83. The maximum absolute atomic E-state index is 10.3. The van der Waals surface area contributed by atoms with Crippen LogP contribution in [0.3, 0.4) is 0 Å². The summed E-state index contributed by atoms with van der Waals surface area (Å²) in [6.07, 6.45) is 0.768. The standard InChI is InChI=1S/C7H4I2O2.HI/c8-5-1-4(3-10)2-6(9)7(5)11;/h1-3,11H;1H. The highest BCUT2D eigenvalue weighted by atomic mass is 127. The number of rotatable bonds is 1. The molecule has 1 aromatic rings. The average molecular weight is 502 g/mol. The predicted molar refractivity (Wildman–Crippen MR) is 74.3 cm³/mol. The van der Waals surface area contributed by atoms with Gasteiger partial charge in [-0.25, -0.2) is 0 Å². The zero-order valence-electron chi connectivity index (χ0n) is 5.75. The number of carbonyl (C=O) groups excluding carboxylic acids is 1. The van der Waals surface area contributed by atoms with Crippen molar-refractivity contribution in [3.05, 3.63) is 24.8 Å². The molecule has 0 aliphatic heterocycles. The van der Waals surface area contributed by atoms with Crippen LogP contribution in [0.4, 0.5) is 0 Å². The molecule has 0 aliphatic carbocycles. The minimum absolute atomic E-state index is 0. The molecule has 0 fully saturated rings. The van der Waals surface area contributed by atoms with Gasteiger partial charge in [0, 0.05) is 5.56 Å². The van der Waals surface area contributed by atoms with Crippen LogP contribution in [0.1, 0.15) is 10.4 Å². The van der Waals surface area contributed by atoms with Crippen molar-refractivity contribution in [2.24, 2.45) is 0 Å². The van der Waals surface area contributed by atoms with Crippen LogP contribution in [0.15, 0.2) is 12.1 Å². The van der Waals surface area contributed by atoms with Crippen molar-refractivity contribution in [1.29, 1.82) is 0 Å². The van der Waals surface area contributed by atoms with Crippen molar-refractivity contribution in [1.82, 2.24) is 0 Å². The van der Waals surface area contributed by atoms with Gasteiger partial charge in [0.15, 0.2) is 0 Å². The number of hydrogen-bond donors (Lipinski definition) is 1. The minimum atomic E-state index is 0. The molecule has 0 spiro atoms. The molecular weight excluding hydrogens is 497 g/mol. The molecule has 0 aromatic heterocycles. The van der Waals surface area contributed by atoms with Crippen molar-refractivity contribution in [2.45, 2.75) is 0 Å². The van der Waals surface area contributed by atoms with E-state index in [1.54, 1.807) is 12.1 Å². The topological polar surface area (TPSA) is 37.3 Å². The zero-order chi connectivity index (χ0) is 8.43. The van der Waals surface area contributed by atoms with Crippen molar-refractivity contribution >= 4 is 75.4 Å². The fraction of sp³-hybridized carbons (Fsp3) is 0. The van der Waals surface area contributed by atoms with Crippen LogP contribution in [0.5, 0.6) is 5.75 Å². The summed E-state index contributed by atoms with van der Waals surface area (Å²) < 4.78 is 1.41. The Kier molecular flexibility index (Phi) is 5.99. The van der Waals surface area contributed by atoms with Crippen molar-refractivity contribution in [3.63, 3.8) is 0 Å². The molecule has 0 unspecified atom stereocenters. The smallest absolute Gasteiger partial charge is 0.150 e. The van der Waals surface area contributed by atoms with Crippen LogP contribution in [0, 0.1) is 7.14 Å². The summed E-state index contributed by atoms with van der Waals surface area (Å²) in [5.41, 5.74) is 0.594. The molecule has 1 rings (SSSR count).